The minimum Gasteiger partial charge on any atom is -0.339 e. The Morgan fingerprint density at radius 3 is 2.26 bits per heavy atom. The Kier molecular flexibility index (Phi) is 7.30. The van der Waals surface area contributed by atoms with Gasteiger partial charge in [0.05, 0.1) is 0 Å². The molecule has 0 saturated carbocycles. The molecule has 9 heteroatoms. The van der Waals surface area contributed by atoms with Crippen LogP contribution in [0.2, 0.25) is 0 Å². The summed E-state index contributed by atoms with van der Waals surface area (Å²) in [5.41, 5.74) is 2.72. The molecular weight excluding hydrogens is 430 g/mol. The second-order valence-electron chi connectivity index (χ2n) is 7.72. The molecule has 2 heterocycles. The molecule has 3 aromatic rings. The van der Waals surface area contributed by atoms with Gasteiger partial charge in [0.1, 0.15) is 6.33 Å². The lowest BCUT2D eigenvalue weighted by Gasteiger charge is -2.26. The first-order chi connectivity index (χ1) is 16.6. The Balaban J connectivity index is 1.39. The summed E-state index contributed by atoms with van der Waals surface area (Å²) in [7, 11) is 0. The zero-order valence-electron chi connectivity index (χ0n) is 18.8. The van der Waals surface area contributed by atoms with Crippen molar-refractivity contribution >= 4 is 40.8 Å². The van der Waals surface area contributed by atoms with Crippen LogP contribution >= 0.6 is 0 Å². The first-order valence-corrected chi connectivity index (χ1v) is 11.1. The van der Waals surface area contributed by atoms with Gasteiger partial charge in [0.25, 0.3) is 11.8 Å². The molecule has 1 aliphatic heterocycles. The maximum atomic E-state index is 12.6. The molecule has 0 spiro atoms. The third kappa shape index (κ3) is 6.07. The largest absolute Gasteiger partial charge is 0.339 e. The summed E-state index contributed by atoms with van der Waals surface area (Å²) >= 11 is 0. The number of amides is 2. The molecular formula is C25H25N7O2. The van der Waals surface area contributed by atoms with Gasteiger partial charge in [0.15, 0.2) is 0 Å². The molecule has 3 N–H and O–H groups in total. The van der Waals surface area contributed by atoms with E-state index in [1.54, 1.807) is 25.1 Å². The van der Waals surface area contributed by atoms with Gasteiger partial charge >= 0.3 is 0 Å². The van der Waals surface area contributed by atoms with Crippen LogP contribution in [-0.2, 0) is 4.79 Å². The fraction of sp³-hybridized carbons (Fsp3) is 0.240. The number of nitrogens with one attached hydrogen (secondary N) is 3. The number of piperidine rings is 1. The van der Waals surface area contributed by atoms with E-state index in [4.69, 9.17) is 0 Å². The second-order valence-corrected chi connectivity index (χ2v) is 7.72. The normalized spacial score (nSPS) is 12.8. The molecule has 1 fully saturated rings. The third-order valence-corrected chi connectivity index (χ3v) is 5.22. The van der Waals surface area contributed by atoms with Gasteiger partial charge in [0.2, 0.25) is 11.9 Å². The van der Waals surface area contributed by atoms with Crippen molar-refractivity contribution in [3.8, 4) is 11.8 Å². The topological polar surface area (TPSA) is 112 Å². The van der Waals surface area contributed by atoms with Gasteiger partial charge in [-0.05, 0) is 74.6 Å². The molecule has 172 valence electrons. The van der Waals surface area contributed by atoms with Crippen LogP contribution < -0.4 is 16.0 Å². The van der Waals surface area contributed by atoms with Crippen molar-refractivity contribution in [3.63, 3.8) is 0 Å². The van der Waals surface area contributed by atoms with Crippen LogP contribution in [0.5, 0.6) is 0 Å². The molecule has 1 aliphatic rings. The molecule has 9 nitrogen and oxygen atoms in total. The quantitative estimate of drug-likeness (QED) is 0.483. The maximum absolute atomic E-state index is 12.6. The van der Waals surface area contributed by atoms with Gasteiger partial charge in [-0.25, -0.2) is 9.97 Å². The lowest BCUT2D eigenvalue weighted by Crippen LogP contribution is -2.35. The number of hydrogen-bond donors (Lipinski definition) is 3. The second kappa shape index (κ2) is 10.9. The number of aromatic nitrogens is 3. The van der Waals surface area contributed by atoms with E-state index in [9.17, 15) is 9.59 Å². The van der Waals surface area contributed by atoms with Crippen LogP contribution in [0.25, 0.3) is 0 Å². The molecule has 34 heavy (non-hydrogen) atoms. The molecule has 2 amide bonds. The van der Waals surface area contributed by atoms with E-state index >= 15 is 0 Å². The van der Waals surface area contributed by atoms with Crippen molar-refractivity contribution in [2.45, 2.75) is 26.2 Å². The highest BCUT2D eigenvalue weighted by atomic mass is 16.2. The highest BCUT2D eigenvalue weighted by Gasteiger charge is 2.18. The van der Waals surface area contributed by atoms with Crippen LogP contribution in [-0.4, -0.2) is 44.8 Å². The van der Waals surface area contributed by atoms with Crippen molar-refractivity contribution in [1.82, 2.24) is 19.9 Å². The summed E-state index contributed by atoms with van der Waals surface area (Å²) in [5, 5.41) is 8.93. The lowest BCUT2D eigenvalue weighted by molar-refractivity contribution is -0.111. The van der Waals surface area contributed by atoms with Gasteiger partial charge < -0.3 is 20.9 Å². The summed E-state index contributed by atoms with van der Waals surface area (Å²) in [6, 6.07) is 14.4. The van der Waals surface area contributed by atoms with Gasteiger partial charge in [0, 0.05) is 35.7 Å². The van der Waals surface area contributed by atoms with Gasteiger partial charge in [-0.3, -0.25) is 9.59 Å². The van der Waals surface area contributed by atoms with Crippen molar-refractivity contribution in [3.05, 3.63) is 60.4 Å². The Hall–Kier alpha value is -4.45. The number of rotatable bonds is 6. The fourth-order valence-corrected chi connectivity index (χ4v) is 3.60. The number of likely N-dealkylation sites (tertiary alicyclic amines) is 1. The van der Waals surface area contributed by atoms with Crippen molar-refractivity contribution < 1.29 is 9.59 Å². The summed E-state index contributed by atoms with van der Waals surface area (Å²) in [5.74, 6) is 5.38. The van der Waals surface area contributed by atoms with Crippen molar-refractivity contribution in [2.24, 2.45) is 0 Å². The van der Waals surface area contributed by atoms with E-state index in [0.29, 0.717) is 28.8 Å². The maximum Gasteiger partial charge on any atom is 0.300 e. The van der Waals surface area contributed by atoms with E-state index in [2.05, 4.69) is 42.7 Å². The molecule has 1 saturated heterocycles. The minimum absolute atomic E-state index is 0.0676. The number of anilines is 5. The van der Waals surface area contributed by atoms with Gasteiger partial charge in [-0.1, -0.05) is 12.0 Å². The van der Waals surface area contributed by atoms with Crippen LogP contribution in [0.1, 0.15) is 36.5 Å². The number of carbonyl (C=O) groups excluding carboxylic acids is 2. The molecule has 0 unspecified atom stereocenters. The molecule has 0 bridgehead atoms. The van der Waals surface area contributed by atoms with E-state index in [1.807, 2.05) is 35.2 Å². The highest BCUT2D eigenvalue weighted by molar-refractivity contribution is 6.04. The highest BCUT2D eigenvalue weighted by Crippen LogP contribution is 2.20. The lowest BCUT2D eigenvalue weighted by atomic mass is 10.1. The Labute approximate surface area is 198 Å². The average Bonchev–Trinajstić information content (AvgIpc) is 2.85. The average molecular weight is 456 g/mol. The van der Waals surface area contributed by atoms with Crippen LogP contribution in [0.15, 0.2) is 54.9 Å². The summed E-state index contributed by atoms with van der Waals surface area (Å²) in [6.45, 7) is 3.25. The predicted octanol–water partition coefficient (Wildman–Crippen LogP) is 3.95. The molecule has 2 aromatic carbocycles. The van der Waals surface area contributed by atoms with Gasteiger partial charge in [-0.2, -0.15) is 4.98 Å². The number of carbonyl (C=O) groups is 2. The summed E-state index contributed by atoms with van der Waals surface area (Å²) in [4.78, 5) is 38.9. The van der Waals surface area contributed by atoms with Crippen LogP contribution in [0.4, 0.5) is 29.0 Å². The first-order valence-electron chi connectivity index (χ1n) is 11.1. The van der Waals surface area contributed by atoms with E-state index in [0.717, 1.165) is 31.6 Å². The smallest absolute Gasteiger partial charge is 0.300 e. The molecule has 0 aliphatic carbocycles. The standard InChI is InChI=1S/C25H25N7O2/c1-2-7-22(33)28-20-8-6-9-21(16-20)30-25-27-17-26-24(31-25)29-19-12-10-18(11-13-19)23(34)32-14-4-3-5-15-32/h6,8-13,16-17H,3-5,14-15H2,1H3,(H,28,33)(H2,26,27,29,30,31). The Bertz CT molecular complexity index is 1230. The summed E-state index contributed by atoms with van der Waals surface area (Å²) < 4.78 is 0. The zero-order chi connectivity index (χ0) is 23.8. The van der Waals surface area contributed by atoms with E-state index < -0.39 is 0 Å². The molecule has 0 atom stereocenters. The van der Waals surface area contributed by atoms with E-state index in [-0.39, 0.29) is 11.8 Å². The van der Waals surface area contributed by atoms with Crippen molar-refractivity contribution in [2.75, 3.05) is 29.0 Å². The van der Waals surface area contributed by atoms with Crippen molar-refractivity contribution in [1.29, 1.82) is 0 Å². The fourth-order valence-electron chi connectivity index (χ4n) is 3.60. The Morgan fingerprint density at radius 1 is 0.882 bits per heavy atom. The third-order valence-electron chi connectivity index (χ3n) is 5.22. The SMILES string of the molecule is CC#CC(=O)Nc1cccc(Nc2ncnc(Nc3ccc(C(=O)N4CCCCC4)cc3)n2)c1. The number of nitrogens with zero attached hydrogens (tertiary/aromatic N) is 4. The predicted molar refractivity (Wildman–Crippen MR) is 131 cm³/mol. The monoisotopic (exact) mass is 455 g/mol. The number of benzene rings is 2. The minimum atomic E-state index is -0.380. The summed E-state index contributed by atoms with van der Waals surface area (Å²) in [6.07, 6.45) is 4.71. The molecule has 4 rings (SSSR count). The Morgan fingerprint density at radius 2 is 1.56 bits per heavy atom. The first kappa shape index (κ1) is 22.7. The zero-order valence-corrected chi connectivity index (χ0v) is 18.8. The van der Waals surface area contributed by atoms with Gasteiger partial charge in [-0.15, -0.1) is 0 Å². The molecule has 0 radical (unpaired) electrons. The van der Waals surface area contributed by atoms with Crippen LogP contribution in [0, 0.1) is 11.8 Å². The number of hydrogen-bond acceptors (Lipinski definition) is 7. The van der Waals surface area contributed by atoms with Crippen LogP contribution in [0.3, 0.4) is 0 Å². The molecule has 1 aromatic heterocycles. The van der Waals surface area contributed by atoms with E-state index in [1.165, 1.54) is 12.7 Å².